The molecule has 2 rings (SSSR count). The minimum Gasteiger partial charge on any atom is -0.456 e. The maximum atomic E-state index is 11.6. The van der Waals surface area contributed by atoms with E-state index in [0.29, 0.717) is 0 Å². The first kappa shape index (κ1) is 11.3. The van der Waals surface area contributed by atoms with Crippen molar-refractivity contribution in [2.75, 3.05) is 6.61 Å². The Morgan fingerprint density at radius 3 is 2.47 bits per heavy atom. The third-order valence-corrected chi connectivity index (χ3v) is 2.38. The van der Waals surface area contributed by atoms with Crippen LogP contribution in [0.1, 0.15) is 12.8 Å². The molecule has 8 nitrogen and oxygen atoms in total. The van der Waals surface area contributed by atoms with E-state index in [1.165, 1.54) is 6.07 Å². The summed E-state index contributed by atoms with van der Waals surface area (Å²) >= 11 is 0. The van der Waals surface area contributed by atoms with E-state index in [0.717, 1.165) is 0 Å². The standard InChI is InChI=1S/C9H7NO7/c10-3-9-4-15-5(11)1-8(14,7(13)17-9)2-6(12)16-9/h14H,1-2,4H2. The number of carbonyl (C=O) groups excluding carboxylic acids is 3. The van der Waals surface area contributed by atoms with E-state index in [2.05, 4.69) is 14.2 Å². The lowest BCUT2D eigenvalue weighted by Gasteiger charge is -2.28. The summed E-state index contributed by atoms with van der Waals surface area (Å²) in [5, 5.41) is 18.7. The van der Waals surface area contributed by atoms with Crippen LogP contribution in [0.4, 0.5) is 0 Å². The van der Waals surface area contributed by atoms with Gasteiger partial charge in [0, 0.05) is 0 Å². The summed E-state index contributed by atoms with van der Waals surface area (Å²) < 4.78 is 13.8. The van der Waals surface area contributed by atoms with Crippen LogP contribution in [-0.2, 0) is 28.6 Å². The quantitative estimate of drug-likeness (QED) is 0.501. The van der Waals surface area contributed by atoms with Crippen molar-refractivity contribution >= 4 is 17.9 Å². The van der Waals surface area contributed by atoms with Crippen LogP contribution in [0.3, 0.4) is 0 Å². The molecule has 0 amide bonds. The van der Waals surface area contributed by atoms with Gasteiger partial charge in [-0.3, -0.25) is 9.59 Å². The number of hydrogen-bond donors (Lipinski definition) is 1. The Hall–Kier alpha value is -2.14. The predicted octanol–water partition coefficient (Wildman–Crippen LogP) is -1.63. The highest BCUT2D eigenvalue weighted by Gasteiger charge is 2.55. The lowest BCUT2D eigenvalue weighted by molar-refractivity contribution is -0.227. The molecule has 0 aromatic carbocycles. The van der Waals surface area contributed by atoms with E-state index in [4.69, 9.17) is 5.26 Å². The van der Waals surface area contributed by atoms with Crippen molar-refractivity contribution in [2.24, 2.45) is 0 Å². The molecule has 2 heterocycles. The van der Waals surface area contributed by atoms with Crippen molar-refractivity contribution in [3.8, 4) is 6.07 Å². The first-order valence-corrected chi connectivity index (χ1v) is 4.64. The van der Waals surface area contributed by atoms with Gasteiger partial charge >= 0.3 is 23.7 Å². The lowest BCUT2D eigenvalue weighted by atomic mass is 9.96. The summed E-state index contributed by atoms with van der Waals surface area (Å²) in [6.07, 6.45) is -1.48. The smallest absolute Gasteiger partial charge is 0.381 e. The maximum Gasteiger partial charge on any atom is 0.381 e. The van der Waals surface area contributed by atoms with Crippen LogP contribution in [0.25, 0.3) is 0 Å². The molecule has 8 heteroatoms. The predicted molar refractivity (Wildman–Crippen MR) is 45.7 cm³/mol. The monoisotopic (exact) mass is 241 g/mol. The molecule has 0 aliphatic carbocycles. The third kappa shape index (κ3) is 1.81. The van der Waals surface area contributed by atoms with Crippen molar-refractivity contribution in [1.29, 1.82) is 5.26 Å². The molecular formula is C9H7NO7. The largest absolute Gasteiger partial charge is 0.456 e. The van der Waals surface area contributed by atoms with Gasteiger partial charge in [0.25, 0.3) is 0 Å². The number of esters is 3. The van der Waals surface area contributed by atoms with Crippen LogP contribution in [0.5, 0.6) is 0 Å². The number of carbonyl (C=O) groups is 3. The van der Waals surface area contributed by atoms with Gasteiger partial charge in [0.05, 0.1) is 12.8 Å². The van der Waals surface area contributed by atoms with Crippen LogP contribution >= 0.6 is 0 Å². The van der Waals surface area contributed by atoms with Gasteiger partial charge in [-0.1, -0.05) is 0 Å². The number of aliphatic hydroxyl groups is 1. The van der Waals surface area contributed by atoms with Crippen LogP contribution in [0, 0.1) is 11.3 Å². The zero-order valence-electron chi connectivity index (χ0n) is 8.47. The zero-order chi connectivity index (χ0) is 12.7. The van der Waals surface area contributed by atoms with Crippen LogP contribution in [0.15, 0.2) is 0 Å². The Morgan fingerprint density at radius 1 is 1.18 bits per heavy atom. The molecule has 90 valence electrons. The summed E-state index contributed by atoms with van der Waals surface area (Å²) in [6.45, 7) is -0.712. The van der Waals surface area contributed by atoms with E-state index < -0.39 is 48.7 Å². The fraction of sp³-hybridized carbons (Fsp3) is 0.556. The molecule has 2 aliphatic heterocycles. The molecule has 2 aliphatic rings. The third-order valence-electron chi connectivity index (χ3n) is 2.38. The Morgan fingerprint density at radius 2 is 1.82 bits per heavy atom. The maximum absolute atomic E-state index is 11.6. The van der Waals surface area contributed by atoms with Crippen LogP contribution < -0.4 is 0 Å². The molecule has 2 unspecified atom stereocenters. The number of hydrogen-bond acceptors (Lipinski definition) is 8. The Labute approximate surface area is 94.7 Å². The molecule has 1 N–H and O–H groups in total. The molecule has 0 saturated carbocycles. The van der Waals surface area contributed by atoms with Gasteiger partial charge in [-0.25, -0.2) is 4.79 Å². The van der Waals surface area contributed by atoms with Gasteiger partial charge in [-0.2, -0.15) is 5.26 Å². The van der Waals surface area contributed by atoms with E-state index >= 15 is 0 Å². The minimum absolute atomic E-state index is 0.712. The van der Waals surface area contributed by atoms with E-state index in [9.17, 15) is 19.5 Å². The van der Waals surface area contributed by atoms with Crippen molar-refractivity contribution in [2.45, 2.75) is 24.2 Å². The second-order valence-electron chi connectivity index (χ2n) is 3.77. The Balaban J connectivity index is 2.49. The number of nitrogens with zero attached hydrogens (tertiary/aromatic N) is 1. The van der Waals surface area contributed by atoms with E-state index in [1.54, 1.807) is 0 Å². The average molecular weight is 241 g/mol. The van der Waals surface area contributed by atoms with Crippen molar-refractivity contribution < 1.29 is 33.7 Å². The van der Waals surface area contributed by atoms with E-state index in [1.807, 2.05) is 0 Å². The van der Waals surface area contributed by atoms with E-state index in [-0.39, 0.29) is 0 Å². The zero-order valence-corrected chi connectivity index (χ0v) is 8.47. The average Bonchev–Trinajstić information content (AvgIpc) is 2.28. The van der Waals surface area contributed by atoms with Gasteiger partial charge in [0.15, 0.2) is 18.3 Å². The van der Waals surface area contributed by atoms with Crippen molar-refractivity contribution in [3.63, 3.8) is 0 Å². The Bertz CT molecular complexity index is 453. The van der Waals surface area contributed by atoms with Gasteiger partial charge < -0.3 is 19.3 Å². The van der Waals surface area contributed by atoms with Gasteiger partial charge in [-0.15, -0.1) is 0 Å². The lowest BCUT2D eigenvalue weighted by Crippen LogP contribution is -2.49. The second-order valence-corrected chi connectivity index (χ2v) is 3.77. The molecule has 17 heavy (non-hydrogen) atoms. The molecule has 0 aromatic heterocycles. The number of ether oxygens (including phenoxy) is 3. The summed E-state index contributed by atoms with van der Waals surface area (Å²) in [4.78, 5) is 34.1. The highest BCUT2D eigenvalue weighted by molar-refractivity contribution is 5.92. The molecule has 0 radical (unpaired) electrons. The fourth-order valence-corrected chi connectivity index (χ4v) is 1.53. The first-order valence-electron chi connectivity index (χ1n) is 4.64. The molecule has 2 bridgehead atoms. The highest BCUT2D eigenvalue weighted by atomic mass is 16.8. The summed E-state index contributed by atoms with van der Waals surface area (Å²) in [7, 11) is 0. The van der Waals surface area contributed by atoms with Crippen LogP contribution in [0.2, 0.25) is 0 Å². The molecule has 0 spiro atoms. The van der Waals surface area contributed by atoms with Crippen molar-refractivity contribution in [1.82, 2.24) is 0 Å². The summed E-state index contributed by atoms with van der Waals surface area (Å²) in [5.74, 6) is -5.49. The summed E-state index contributed by atoms with van der Waals surface area (Å²) in [6, 6.07) is 1.44. The first-order chi connectivity index (χ1) is 7.89. The van der Waals surface area contributed by atoms with Crippen molar-refractivity contribution in [3.05, 3.63) is 0 Å². The van der Waals surface area contributed by atoms with Crippen LogP contribution in [-0.4, -0.2) is 41.0 Å². The molecule has 2 saturated heterocycles. The molecule has 2 atom stereocenters. The van der Waals surface area contributed by atoms with Gasteiger partial charge in [-0.05, 0) is 0 Å². The summed E-state index contributed by atoms with van der Waals surface area (Å²) in [5.41, 5.74) is -2.34. The number of cyclic esters (lactones) is 1. The minimum atomic E-state index is -2.34. The SMILES string of the molecule is N#CC12COC(=O)CC(O)(CC(=O)O1)C(=O)O2. The normalized spacial score (nSPS) is 36.8. The van der Waals surface area contributed by atoms with Gasteiger partial charge in [0.1, 0.15) is 0 Å². The molecule has 2 fully saturated rings. The number of rotatable bonds is 0. The molecule has 0 aromatic rings. The molecular weight excluding hydrogens is 234 g/mol. The number of nitriles is 1. The topological polar surface area (TPSA) is 123 Å². The Kier molecular flexibility index (Phi) is 2.29. The number of fused-ring (bicyclic) bond motifs is 3. The van der Waals surface area contributed by atoms with Gasteiger partial charge in [0.2, 0.25) is 0 Å². The second kappa shape index (κ2) is 3.43. The highest BCUT2D eigenvalue weighted by Crippen LogP contribution is 2.31. The fourth-order valence-electron chi connectivity index (χ4n) is 1.53.